The molecule has 3 rings (SSSR count). The highest BCUT2D eigenvalue weighted by molar-refractivity contribution is 7.89. The van der Waals surface area contributed by atoms with Gasteiger partial charge in [-0.25, -0.2) is 18.4 Å². The van der Waals surface area contributed by atoms with Gasteiger partial charge in [-0.2, -0.15) is 5.10 Å². The third-order valence-electron chi connectivity index (χ3n) is 4.94. The summed E-state index contributed by atoms with van der Waals surface area (Å²) in [6.07, 6.45) is 0. The summed E-state index contributed by atoms with van der Waals surface area (Å²) in [5.74, 6) is -1.15. The topological polar surface area (TPSA) is 133 Å². The van der Waals surface area contributed by atoms with Crippen molar-refractivity contribution in [1.82, 2.24) is 15.1 Å². The maximum absolute atomic E-state index is 12.6. The number of carbonyl (C=O) groups excluding carboxylic acids is 2. The van der Waals surface area contributed by atoms with E-state index < -0.39 is 28.5 Å². The summed E-state index contributed by atoms with van der Waals surface area (Å²) in [5, 5.41) is 12.7. The van der Waals surface area contributed by atoms with Crippen LogP contribution < -0.4 is 10.5 Å². The zero-order chi connectivity index (χ0) is 24.2. The number of sulfonamides is 1. The molecular formula is C22H23ClN4O5S. The highest BCUT2D eigenvalue weighted by Crippen LogP contribution is 2.20. The van der Waals surface area contributed by atoms with E-state index in [0.717, 1.165) is 5.56 Å². The number of nitrogens with two attached hydrogens (primary N) is 1. The van der Waals surface area contributed by atoms with Gasteiger partial charge in [0.1, 0.15) is 5.56 Å². The van der Waals surface area contributed by atoms with Crippen molar-refractivity contribution < 1.29 is 22.7 Å². The van der Waals surface area contributed by atoms with Crippen LogP contribution in [0.15, 0.2) is 53.4 Å². The van der Waals surface area contributed by atoms with Crippen molar-refractivity contribution in [3.8, 4) is 0 Å². The van der Waals surface area contributed by atoms with Crippen LogP contribution in [0.25, 0.3) is 0 Å². The molecule has 0 aliphatic heterocycles. The molecule has 1 heterocycles. The molecule has 1 amide bonds. The van der Waals surface area contributed by atoms with E-state index in [2.05, 4.69) is 10.4 Å². The molecule has 2 aromatic carbocycles. The predicted octanol–water partition coefficient (Wildman–Crippen LogP) is 2.32. The Bertz CT molecular complexity index is 1290. The third-order valence-corrected chi connectivity index (χ3v) is 6.24. The van der Waals surface area contributed by atoms with E-state index in [4.69, 9.17) is 21.5 Å². The standard InChI is InChI=1S/C22H23ClN4O5S/c1-14-21(15(2)27(26-14)12-17-5-3-4-6-19(17)23)22(29)32-13-20(28)25-11-16-7-9-18(10-8-16)33(24,30)31/h3-10H,11-13H2,1-2H3,(H,25,28)(H2,24,30,31). The number of hydrogen-bond donors (Lipinski definition) is 2. The average Bonchev–Trinajstić information content (AvgIpc) is 3.04. The Morgan fingerprint density at radius 3 is 2.42 bits per heavy atom. The van der Waals surface area contributed by atoms with Crippen LogP contribution in [-0.4, -0.2) is 36.7 Å². The van der Waals surface area contributed by atoms with Crippen molar-refractivity contribution in [3.63, 3.8) is 0 Å². The highest BCUT2D eigenvalue weighted by atomic mass is 35.5. The number of amides is 1. The molecule has 9 nitrogen and oxygen atoms in total. The summed E-state index contributed by atoms with van der Waals surface area (Å²) >= 11 is 6.21. The van der Waals surface area contributed by atoms with Crippen LogP contribution in [0.2, 0.25) is 5.02 Å². The lowest BCUT2D eigenvalue weighted by molar-refractivity contribution is -0.124. The number of ether oxygens (including phenoxy) is 1. The van der Waals surface area contributed by atoms with E-state index in [0.29, 0.717) is 34.1 Å². The Labute approximate surface area is 196 Å². The Kier molecular flexibility index (Phi) is 7.52. The molecular weight excluding hydrogens is 468 g/mol. The minimum Gasteiger partial charge on any atom is -0.452 e. The number of halogens is 1. The Morgan fingerprint density at radius 1 is 1.12 bits per heavy atom. The first kappa shape index (κ1) is 24.4. The summed E-state index contributed by atoms with van der Waals surface area (Å²) in [6.45, 7) is 3.50. The lowest BCUT2D eigenvalue weighted by Gasteiger charge is -2.08. The van der Waals surface area contributed by atoms with Gasteiger partial charge in [-0.05, 0) is 43.2 Å². The second kappa shape index (κ2) is 10.2. The molecule has 0 spiro atoms. The molecule has 33 heavy (non-hydrogen) atoms. The van der Waals surface area contributed by atoms with Gasteiger partial charge in [0.15, 0.2) is 6.61 Å². The number of aryl methyl sites for hydroxylation is 1. The minimum absolute atomic E-state index is 0.0210. The number of rotatable bonds is 8. The normalized spacial score (nSPS) is 11.3. The average molecular weight is 491 g/mol. The van der Waals surface area contributed by atoms with Gasteiger partial charge in [-0.1, -0.05) is 41.9 Å². The quantitative estimate of drug-likeness (QED) is 0.465. The van der Waals surface area contributed by atoms with Gasteiger partial charge in [0.2, 0.25) is 10.0 Å². The van der Waals surface area contributed by atoms with Crippen molar-refractivity contribution in [2.45, 2.75) is 31.8 Å². The van der Waals surface area contributed by atoms with Crippen LogP contribution in [0.3, 0.4) is 0 Å². The largest absolute Gasteiger partial charge is 0.452 e. The van der Waals surface area contributed by atoms with E-state index in [1.165, 1.54) is 24.3 Å². The molecule has 0 saturated heterocycles. The van der Waals surface area contributed by atoms with Crippen LogP contribution in [0.1, 0.15) is 32.9 Å². The summed E-state index contributed by atoms with van der Waals surface area (Å²) in [6, 6.07) is 13.1. The second-order valence-electron chi connectivity index (χ2n) is 7.34. The fourth-order valence-corrected chi connectivity index (χ4v) is 3.90. The molecule has 3 N–H and O–H groups in total. The minimum atomic E-state index is -3.78. The second-order valence-corrected chi connectivity index (χ2v) is 9.31. The molecule has 0 unspecified atom stereocenters. The fraction of sp³-hybridized carbons (Fsp3) is 0.227. The highest BCUT2D eigenvalue weighted by Gasteiger charge is 2.21. The lowest BCUT2D eigenvalue weighted by atomic mass is 10.2. The summed E-state index contributed by atoms with van der Waals surface area (Å²) in [7, 11) is -3.78. The summed E-state index contributed by atoms with van der Waals surface area (Å²) < 4.78 is 29.4. The summed E-state index contributed by atoms with van der Waals surface area (Å²) in [4.78, 5) is 24.7. The molecule has 0 bridgehead atoms. The predicted molar refractivity (Wildman–Crippen MR) is 122 cm³/mol. The Morgan fingerprint density at radius 2 is 1.79 bits per heavy atom. The van der Waals surface area contributed by atoms with E-state index >= 15 is 0 Å². The maximum Gasteiger partial charge on any atom is 0.342 e. The molecule has 11 heteroatoms. The molecule has 0 atom stereocenters. The zero-order valence-electron chi connectivity index (χ0n) is 18.0. The van der Waals surface area contributed by atoms with Crippen LogP contribution in [0.5, 0.6) is 0 Å². The first-order valence-electron chi connectivity index (χ1n) is 9.89. The fourth-order valence-electron chi connectivity index (χ4n) is 3.19. The van der Waals surface area contributed by atoms with Crippen LogP contribution >= 0.6 is 11.6 Å². The van der Waals surface area contributed by atoms with Gasteiger partial charge in [0.05, 0.1) is 22.8 Å². The molecule has 0 radical (unpaired) electrons. The number of carbonyl (C=O) groups is 2. The van der Waals surface area contributed by atoms with E-state index in [1.807, 2.05) is 18.2 Å². The van der Waals surface area contributed by atoms with E-state index in [9.17, 15) is 18.0 Å². The Balaban J connectivity index is 1.56. The van der Waals surface area contributed by atoms with Gasteiger partial charge >= 0.3 is 5.97 Å². The molecule has 1 aromatic heterocycles. The lowest BCUT2D eigenvalue weighted by Crippen LogP contribution is -2.28. The zero-order valence-corrected chi connectivity index (χ0v) is 19.6. The van der Waals surface area contributed by atoms with Crippen molar-refractivity contribution in [3.05, 3.63) is 81.6 Å². The van der Waals surface area contributed by atoms with Crippen molar-refractivity contribution in [1.29, 1.82) is 0 Å². The molecule has 0 aliphatic rings. The van der Waals surface area contributed by atoms with Gasteiger partial charge in [0, 0.05) is 11.6 Å². The van der Waals surface area contributed by atoms with Crippen LogP contribution in [0.4, 0.5) is 0 Å². The van der Waals surface area contributed by atoms with Crippen LogP contribution in [-0.2, 0) is 32.6 Å². The van der Waals surface area contributed by atoms with Crippen molar-refractivity contribution in [2.24, 2.45) is 5.14 Å². The maximum atomic E-state index is 12.6. The number of esters is 1. The number of nitrogens with zero attached hydrogens (tertiary/aromatic N) is 2. The van der Waals surface area contributed by atoms with Gasteiger partial charge in [-0.15, -0.1) is 0 Å². The number of aromatic nitrogens is 2. The number of primary sulfonamides is 1. The first-order valence-corrected chi connectivity index (χ1v) is 11.8. The van der Waals surface area contributed by atoms with E-state index in [1.54, 1.807) is 24.6 Å². The van der Waals surface area contributed by atoms with Crippen LogP contribution in [0, 0.1) is 13.8 Å². The monoisotopic (exact) mass is 490 g/mol. The SMILES string of the molecule is Cc1nn(Cc2ccccc2Cl)c(C)c1C(=O)OCC(=O)NCc1ccc(S(N)(=O)=O)cc1. The molecule has 0 saturated carbocycles. The van der Waals surface area contributed by atoms with Gasteiger partial charge in [-0.3, -0.25) is 9.48 Å². The molecule has 3 aromatic rings. The Hall–Kier alpha value is -3.21. The van der Waals surface area contributed by atoms with Gasteiger partial charge < -0.3 is 10.1 Å². The van der Waals surface area contributed by atoms with Crippen molar-refractivity contribution >= 4 is 33.5 Å². The third kappa shape index (κ3) is 6.19. The molecule has 0 fully saturated rings. The number of hydrogen-bond acceptors (Lipinski definition) is 6. The number of nitrogens with one attached hydrogen (secondary N) is 1. The van der Waals surface area contributed by atoms with Crippen molar-refractivity contribution in [2.75, 3.05) is 6.61 Å². The first-order chi connectivity index (χ1) is 15.6. The van der Waals surface area contributed by atoms with E-state index in [-0.39, 0.29) is 11.4 Å². The number of benzene rings is 2. The molecule has 0 aliphatic carbocycles. The van der Waals surface area contributed by atoms with Gasteiger partial charge in [0.25, 0.3) is 5.91 Å². The molecule has 174 valence electrons. The smallest absolute Gasteiger partial charge is 0.342 e. The summed E-state index contributed by atoms with van der Waals surface area (Å²) in [5.41, 5.74) is 2.91.